The molecule has 20 heavy (non-hydrogen) atoms. The van der Waals surface area contributed by atoms with E-state index < -0.39 is 0 Å². The number of rotatable bonds is 3. The highest BCUT2D eigenvalue weighted by atomic mass is 16.5. The molecule has 0 aliphatic carbocycles. The molecule has 0 amide bonds. The van der Waals surface area contributed by atoms with Gasteiger partial charge >= 0.3 is 0 Å². The minimum atomic E-state index is 0.773. The van der Waals surface area contributed by atoms with Gasteiger partial charge in [-0.25, -0.2) is 9.97 Å². The van der Waals surface area contributed by atoms with Crippen LogP contribution in [0.3, 0.4) is 0 Å². The van der Waals surface area contributed by atoms with E-state index in [0.29, 0.717) is 0 Å². The Labute approximate surface area is 119 Å². The normalized spacial score (nSPS) is 12.9. The fourth-order valence-corrected chi connectivity index (χ4v) is 2.68. The van der Waals surface area contributed by atoms with Gasteiger partial charge in [-0.3, -0.25) is 0 Å². The monoisotopic (exact) mass is 269 g/mol. The zero-order valence-corrected chi connectivity index (χ0v) is 12.2. The van der Waals surface area contributed by atoms with Crippen molar-refractivity contribution in [3.8, 4) is 17.1 Å². The summed E-state index contributed by atoms with van der Waals surface area (Å²) in [5.41, 5.74) is 4.52. The van der Waals surface area contributed by atoms with Gasteiger partial charge in [0.25, 0.3) is 0 Å². The van der Waals surface area contributed by atoms with Gasteiger partial charge in [0.2, 0.25) is 0 Å². The van der Waals surface area contributed by atoms with Crippen molar-refractivity contribution in [1.82, 2.24) is 9.97 Å². The lowest BCUT2D eigenvalue weighted by Crippen LogP contribution is -2.05. The molecule has 0 bridgehead atoms. The van der Waals surface area contributed by atoms with Crippen LogP contribution in [0.4, 0.5) is 5.82 Å². The second kappa shape index (κ2) is 5.12. The lowest BCUT2D eigenvalue weighted by Gasteiger charge is -2.12. The molecule has 1 aromatic carbocycles. The molecular formula is C16H19N3O. The molecule has 1 aromatic heterocycles. The molecule has 3 rings (SSSR count). The molecule has 0 saturated heterocycles. The van der Waals surface area contributed by atoms with E-state index in [-0.39, 0.29) is 0 Å². The van der Waals surface area contributed by atoms with Crippen LogP contribution in [0.5, 0.6) is 5.75 Å². The lowest BCUT2D eigenvalue weighted by atomic mass is 10.1. The van der Waals surface area contributed by atoms with Crippen LogP contribution in [-0.4, -0.2) is 23.6 Å². The predicted octanol–water partition coefficient (Wildman–Crippen LogP) is 2.99. The van der Waals surface area contributed by atoms with Crippen LogP contribution in [0.15, 0.2) is 18.2 Å². The fraction of sp³-hybridized carbons (Fsp3) is 0.375. The van der Waals surface area contributed by atoms with E-state index in [9.17, 15) is 0 Å². The average molecular weight is 269 g/mol. The molecule has 0 spiro atoms. The van der Waals surface area contributed by atoms with Crippen LogP contribution in [0.25, 0.3) is 11.4 Å². The van der Waals surface area contributed by atoms with Crippen LogP contribution in [-0.2, 0) is 12.8 Å². The van der Waals surface area contributed by atoms with E-state index in [2.05, 4.69) is 28.3 Å². The van der Waals surface area contributed by atoms with Gasteiger partial charge in [0.15, 0.2) is 5.82 Å². The largest absolute Gasteiger partial charge is 0.493 e. The lowest BCUT2D eigenvalue weighted by molar-refractivity contribution is 0.357. The Bertz CT molecular complexity index is 652. The summed E-state index contributed by atoms with van der Waals surface area (Å²) >= 11 is 0. The van der Waals surface area contributed by atoms with Crippen molar-refractivity contribution in [3.63, 3.8) is 0 Å². The number of benzene rings is 1. The highest BCUT2D eigenvalue weighted by molar-refractivity contribution is 5.62. The molecule has 4 heteroatoms. The van der Waals surface area contributed by atoms with Gasteiger partial charge in [-0.05, 0) is 37.1 Å². The van der Waals surface area contributed by atoms with E-state index in [4.69, 9.17) is 4.74 Å². The molecular weight excluding hydrogens is 250 g/mol. The van der Waals surface area contributed by atoms with Crippen molar-refractivity contribution < 1.29 is 4.74 Å². The van der Waals surface area contributed by atoms with Crippen LogP contribution >= 0.6 is 0 Å². The summed E-state index contributed by atoms with van der Waals surface area (Å²) in [5, 5.41) is 3.17. The Hall–Kier alpha value is -2.10. The van der Waals surface area contributed by atoms with E-state index >= 15 is 0 Å². The number of fused-ring (bicyclic) bond motifs is 1. The van der Waals surface area contributed by atoms with E-state index in [1.54, 1.807) is 0 Å². The molecule has 2 heterocycles. The third kappa shape index (κ3) is 2.11. The van der Waals surface area contributed by atoms with E-state index in [1.807, 2.05) is 26.1 Å². The van der Waals surface area contributed by atoms with Gasteiger partial charge in [0.1, 0.15) is 11.6 Å². The minimum absolute atomic E-state index is 0.773. The number of anilines is 1. The van der Waals surface area contributed by atoms with Gasteiger partial charge in [-0.1, -0.05) is 6.92 Å². The van der Waals surface area contributed by atoms with Gasteiger partial charge in [0.05, 0.1) is 6.61 Å². The Kier molecular flexibility index (Phi) is 3.30. The zero-order valence-electron chi connectivity index (χ0n) is 12.2. The molecule has 104 valence electrons. The number of aromatic nitrogens is 2. The Morgan fingerprint density at radius 3 is 2.90 bits per heavy atom. The molecule has 0 saturated carbocycles. The molecule has 0 radical (unpaired) electrons. The van der Waals surface area contributed by atoms with Gasteiger partial charge in [-0.15, -0.1) is 0 Å². The fourth-order valence-electron chi connectivity index (χ4n) is 2.68. The van der Waals surface area contributed by atoms with Crippen molar-refractivity contribution in [3.05, 3.63) is 35.0 Å². The zero-order chi connectivity index (χ0) is 14.1. The van der Waals surface area contributed by atoms with Gasteiger partial charge < -0.3 is 10.1 Å². The number of nitrogens with one attached hydrogen (secondary N) is 1. The summed E-state index contributed by atoms with van der Waals surface area (Å²) < 4.78 is 5.54. The van der Waals surface area contributed by atoms with Crippen LogP contribution in [0.1, 0.15) is 23.7 Å². The third-order valence-corrected chi connectivity index (χ3v) is 3.75. The molecule has 0 atom stereocenters. The number of ether oxygens (including phenoxy) is 1. The highest BCUT2D eigenvalue weighted by Gasteiger charge is 2.15. The maximum Gasteiger partial charge on any atom is 0.161 e. The van der Waals surface area contributed by atoms with Crippen molar-refractivity contribution in [1.29, 1.82) is 0 Å². The first-order chi connectivity index (χ1) is 9.72. The smallest absolute Gasteiger partial charge is 0.161 e. The molecule has 1 N–H and O–H groups in total. The summed E-state index contributed by atoms with van der Waals surface area (Å²) in [6.07, 6.45) is 1.90. The van der Waals surface area contributed by atoms with E-state index in [1.165, 1.54) is 11.1 Å². The highest BCUT2D eigenvalue weighted by Crippen LogP contribution is 2.30. The van der Waals surface area contributed by atoms with Gasteiger partial charge in [-0.2, -0.15) is 0 Å². The van der Waals surface area contributed by atoms with Crippen molar-refractivity contribution in [2.24, 2.45) is 0 Å². The molecule has 0 fully saturated rings. The average Bonchev–Trinajstić information content (AvgIpc) is 2.93. The summed E-state index contributed by atoms with van der Waals surface area (Å²) in [6.45, 7) is 4.94. The SMILES string of the molecule is CCc1c(C)nc(-c2ccc3c(c2)CCO3)nc1NC. The first-order valence-electron chi connectivity index (χ1n) is 7.04. The summed E-state index contributed by atoms with van der Waals surface area (Å²) in [5.74, 6) is 2.69. The molecule has 0 unspecified atom stereocenters. The van der Waals surface area contributed by atoms with Crippen LogP contribution in [0.2, 0.25) is 0 Å². The van der Waals surface area contributed by atoms with E-state index in [0.717, 1.165) is 48.1 Å². The molecule has 1 aliphatic heterocycles. The maximum atomic E-state index is 5.54. The quantitative estimate of drug-likeness (QED) is 0.930. The predicted molar refractivity (Wildman–Crippen MR) is 80.3 cm³/mol. The number of aryl methyl sites for hydroxylation is 1. The second-order valence-electron chi connectivity index (χ2n) is 4.98. The Morgan fingerprint density at radius 1 is 1.30 bits per heavy atom. The maximum absolute atomic E-state index is 5.54. The van der Waals surface area contributed by atoms with Crippen molar-refractivity contribution in [2.45, 2.75) is 26.7 Å². The summed E-state index contributed by atoms with van der Waals surface area (Å²) in [7, 11) is 1.90. The number of hydrogen-bond acceptors (Lipinski definition) is 4. The van der Waals surface area contributed by atoms with Crippen LogP contribution in [0, 0.1) is 6.92 Å². The van der Waals surface area contributed by atoms with Crippen molar-refractivity contribution in [2.75, 3.05) is 19.0 Å². The first kappa shape index (κ1) is 12.9. The minimum Gasteiger partial charge on any atom is -0.493 e. The summed E-state index contributed by atoms with van der Waals surface area (Å²) in [6, 6.07) is 6.19. The first-order valence-corrected chi connectivity index (χ1v) is 7.04. The molecule has 4 nitrogen and oxygen atoms in total. The standard InChI is InChI=1S/C16H19N3O/c1-4-13-10(2)18-15(19-16(13)17-3)12-5-6-14-11(9-12)7-8-20-14/h5-6,9H,4,7-8H2,1-3H3,(H,17,18,19). The summed E-state index contributed by atoms with van der Waals surface area (Å²) in [4.78, 5) is 9.31. The Balaban J connectivity index is 2.08. The molecule has 2 aromatic rings. The van der Waals surface area contributed by atoms with Crippen molar-refractivity contribution >= 4 is 5.82 Å². The van der Waals surface area contributed by atoms with Gasteiger partial charge in [0, 0.05) is 30.3 Å². The third-order valence-electron chi connectivity index (χ3n) is 3.75. The number of hydrogen-bond donors (Lipinski definition) is 1. The number of nitrogens with zero attached hydrogens (tertiary/aromatic N) is 2. The second-order valence-corrected chi connectivity index (χ2v) is 4.98. The van der Waals surface area contributed by atoms with Crippen LogP contribution < -0.4 is 10.1 Å². The topological polar surface area (TPSA) is 47.0 Å². The Morgan fingerprint density at radius 2 is 2.15 bits per heavy atom. The molecule has 1 aliphatic rings.